The maximum absolute atomic E-state index is 8.91. The summed E-state index contributed by atoms with van der Waals surface area (Å²) in [6, 6.07) is 30.3. The van der Waals surface area contributed by atoms with E-state index in [0.717, 1.165) is 21.5 Å². The maximum Gasteiger partial charge on any atom is 0.0629 e. The van der Waals surface area contributed by atoms with Gasteiger partial charge in [0, 0.05) is 37.2 Å². The van der Waals surface area contributed by atoms with Gasteiger partial charge in [0.2, 0.25) is 0 Å². The van der Waals surface area contributed by atoms with Crippen molar-refractivity contribution >= 4 is 70.1 Å². The summed E-state index contributed by atoms with van der Waals surface area (Å²) in [7, 11) is 0. The molecule has 0 unspecified atom stereocenters. The lowest BCUT2D eigenvalue weighted by atomic mass is 9.97. The predicted octanol–water partition coefficient (Wildman–Crippen LogP) is 14.8. The number of anilines is 3. The molecule has 0 radical (unpaired) electrons. The average Bonchev–Trinajstić information content (AvgIpc) is 3.72. The molecule has 9 aromatic carbocycles. The Labute approximate surface area is 327 Å². The SMILES string of the molecule is [2H]c1c([2H])c([2H])c2c(-c3ccc(N(c4ccc(-c5cccc6c5sc5ccccc56)cc4)c4ccc(-c5c([2H])c([2H])c([2H])c6c([2H])c([2H])c([2H])c([2H])c56)cc4)cc3)c([2H])c([2H])c([2H])c2c1[2H]. The van der Waals surface area contributed by atoms with E-state index < -0.39 is 72.5 Å². The van der Waals surface area contributed by atoms with Gasteiger partial charge in [-0.25, -0.2) is 0 Å². The van der Waals surface area contributed by atoms with Crippen molar-refractivity contribution in [2.24, 2.45) is 0 Å². The van der Waals surface area contributed by atoms with Crippen LogP contribution in [-0.2, 0) is 0 Å². The van der Waals surface area contributed by atoms with E-state index in [9.17, 15) is 0 Å². The third-order valence-corrected chi connectivity index (χ3v) is 10.5. The molecular formula is C50H33NS. The lowest BCUT2D eigenvalue weighted by Gasteiger charge is -2.26. The number of hydrogen-bond acceptors (Lipinski definition) is 2. The quantitative estimate of drug-likeness (QED) is 0.168. The molecule has 0 saturated carbocycles. The second kappa shape index (κ2) is 12.7. The van der Waals surface area contributed by atoms with Crippen molar-refractivity contribution in [2.75, 3.05) is 4.90 Å². The molecule has 0 aliphatic heterocycles. The summed E-state index contributed by atoms with van der Waals surface area (Å²) in [5.74, 6) is 0. The number of nitrogens with zero attached hydrogens (tertiary/aromatic N) is 1. The van der Waals surface area contributed by atoms with Gasteiger partial charge in [-0.1, -0.05) is 157 Å². The summed E-state index contributed by atoms with van der Waals surface area (Å²) in [5.41, 5.74) is 5.09. The summed E-state index contributed by atoms with van der Waals surface area (Å²) < 4.78 is 122. The first-order valence-electron chi connectivity index (χ1n) is 23.6. The summed E-state index contributed by atoms with van der Waals surface area (Å²) in [5, 5.41) is 2.05. The Bertz CT molecular complexity index is 3500. The Morgan fingerprint density at radius 3 is 1.38 bits per heavy atom. The molecular weight excluding hydrogens is 647 g/mol. The lowest BCUT2D eigenvalue weighted by Crippen LogP contribution is -2.09. The van der Waals surface area contributed by atoms with Gasteiger partial charge in [-0.2, -0.15) is 0 Å². The normalized spacial score (nSPS) is 15.2. The first-order valence-corrected chi connectivity index (χ1v) is 17.4. The lowest BCUT2D eigenvalue weighted by molar-refractivity contribution is 1.28. The highest BCUT2D eigenvalue weighted by Gasteiger charge is 2.16. The molecule has 0 amide bonds. The van der Waals surface area contributed by atoms with Crippen LogP contribution in [0.5, 0.6) is 0 Å². The molecule has 1 nitrogen and oxygen atoms in total. The first kappa shape index (κ1) is 19.2. The molecule has 0 N–H and O–H groups in total. The number of rotatable bonds is 6. The Hall–Kier alpha value is -6.48. The molecule has 1 heterocycles. The average molecular weight is 694 g/mol. The molecule has 10 aromatic rings. The zero-order valence-electron chi connectivity index (χ0n) is 41.3. The molecule has 0 aliphatic carbocycles. The molecule has 0 spiro atoms. The molecule has 2 heteroatoms. The second-order valence-corrected chi connectivity index (χ2v) is 13.3. The minimum absolute atomic E-state index is 0.0168. The molecule has 0 fully saturated rings. The van der Waals surface area contributed by atoms with E-state index in [0.29, 0.717) is 22.5 Å². The molecule has 0 bridgehead atoms. The largest absolute Gasteiger partial charge is 0.311 e. The van der Waals surface area contributed by atoms with Gasteiger partial charge in [0.25, 0.3) is 0 Å². The summed E-state index contributed by atoms with van der Waals surface area (Å²) in [6.45, 7) is 0. The number of benzene rings is 9. The van der Waals surface area contributed by atoms with Crippen LogP contribution in [0.15, 0.2) is 200 Å². The highest BCUT2D eigenvalue weighted by Crippen LogP contribution is 2.42. The fourth-order valence-corrected chi connectivity index (χ4v) is 8.06. The Balaban J connectivity index is 1.13. The standard InChI is InChI=1S/C50H33NS/c1-3-14-42-34(10-1)12-7-17-44(42)36-22-28-39(29-23-36)51(40-30-24-37(25-31-40)45-18-8-13-35-11-2-4-15-43(35)45)41-32-26-38(27-33-41)46-19-9-20-48-47-16-5-6-21-49(47)52-50(46)48/h1-33H/i1D,2D,3D,4D,7D,8D,10D,11D,12D,13D,14D,15D,17D,18D. The Morgan fingerprint density at radius 1 is 0.365 bits per heavy atom. The Kier molecular flexibility index (Phi) is 4.69. The van der Waals surface area contributed by atoms with Crippen molar-refractivity contribution in [1.29, 1.82) is 0 Å². The van der Waals surface area contributed by atoms with Gasteiger partial charge >= 0.3 is 0 Å². The van der Waals surface area contributed by atoms with E-state index in [-0.39, 0.29) is 44.8 Å². The van der Waals surface area contributed by atoms with Gasteiger partial charge in [-0.05, 0) is 97.4 Å². The molecule has 0 saturated heterocycles. The first-order chi connectivity index (χ1) is 31.6. The molecule has 1 aromatic heterocycles. The smallest absolute Gasteiger partial charge is 0.0629 e. The van der Waals surface area contributed by atoms with E-state index in [1.165, 1.54) is 15.5 Å². The van der Waals surface area contributed by atoms with Gasteiger partial charge in [0.1, 0.15) is 0 Å². The minimum atomic E-state index is -0.530. The van der Waals surface area contributed by atoms with E-state index in [4.69, 9.17) is 19.2 Å². The van der Waals surface area contributed by atoms with Crippen LogP contribution in [0.4, 0.5) is 17.1 Å². The number of hydrogen-bond donors (Lipinski definition) is 0. The van der Waals surface area contributed by atoms with Crippen LogP contribution in [0.3, 0.4) is 0 Å². The maximum atomic E-state index is 8.91. The van der Waals surface area contributed by atoms with Gasteiger partial charge in [0.15, 0.2) is 0 Å². The fourth-order valence-electron chi connectivity index (χ4n) is 6.82. The van der Waals surface area contributed by atoms with E-state index in [1.807, 2.05) is 41.3 Å². The topological polar surface area (TPSA) is 3.24 Å². The van der Waals surface area contributed by atoms with Crippen molar-refractivity contribution in [3.63, 3.8) is 0 Å². The van der Waals surface area contributed by atoms with Crippen LogP contribution < -0.4 is 4.90 Å². The summed E-state index contributed by atoms with van der Waals surface area (Å²) in [4.78, 5) is 1.96. The molecule has 244 valence electrons. The van der Waals surface area contributed by atoms with Crippen LogP contribution in [-0.4, -0.2) is 0 Å². The van der Waals surface area contributed by atoms with Crippen LogP contribution in [0.1, 0.15) is 19.2 Å². The summed E-state index contributed by atoms with van der Waals surface area (Å²) in [6.07, 6.45) is 0. The molecule has 0 atom stereocenters. The van der Waals surface area contributed by atoms with E-state index in [1.54, 1.807) is 59.9 Å². The molecule has 52 heavy (non-hydrogen) atoms. The van der Waals surface area contributed by atoms with E-state index >= 15 is 0 Å². The Morgan fingerprint density at radius 2 is 0.827 bits per heavy atom. The predicted molar refractivity (Wildman–Crippen MR) is 225 cm³/mol. The third-order valence-electron chi connectivity index (χ3n) is 9.29. The third kappa shape index (κ3) is 5.24. The number of thiophene rings is 1. The second-order valence-electron chi connectivity index (χ2n) is 12.3. The van der Waals surface area contributed by atoms with Gasteiger partial charge in [-0.3, -0.25) is 0 Å². The minimum Gasteiger partial charge on any atom is -0.311 e. The van der Waals surface area contributed by atoms with Gasteiger partial charge < -0.3 is 4.90 Å². The van der Waals surface area contributed by atoms with Crippen molar-refractivity contribution in [3.8, 4) is 33.4 Å². The summed E-state index contributed by atoms with van der Waals surface area (Å²) >= 11 is 1.73. The van der Waals surface area contributed by atoms with E-state index in [2.05, 4.69) is 30.3 Å². The van der Waals surface area contributed by atoms with Crippen LogP contribution in [0.2, 0.25) is 0 Å². The van der Waals surface area contributed by atoms with Gasteiger partial charge in [-0.15, -0.1) is 11.3 Å². The highest BCUT2D eigenvalue weighted by molar-refractivity contribution is 7.26. The van der Waals surface area contributed by atoms with Gasteiger partial charge in [0.05, 0.1) is 19.2 Å². The van der Waals surface area contributed by atoms with Crippen LogP contribution in [0, 0.1) is 0 Å². The van der Waals surface area contributed by atoms with Crippen LogP contribution in [0.25, 0.3) is 75.1 Å². The zero-order valence-corrected chi connectivity index (χ0v) is 28.1. The number of fused-ring (bicyclic) bond motifs is 5. The monoisotopic (exact) mass is 693 g/mol. The van der Waals surface area contributed by atoms with Crippen LogP contribution >= 0.6 is 11.3 Å². The van der Waals surface area contributed by atoms with Crippen molar-refractivity contribution in [3.05, 3.63) is 200 Å². The fraction of sp³-hybridized carbons (Fsp3) is 0. The van der Waals surface area contributed by atoms with Crippen molar-refractivity contribution in [2.45, 2.75) is 0 Å². The molecule has 10 rings (SSSR count). The molecule has 0 aliphatic rings. The highest BCUT2D eigenvalue weighted by atomic mass is 32.1. The van der Waals surface area contributed by atoms with Crippen molar-refractivity contribution in [1.82, 2.24) is 0 Å². The van der Waals surface area contributed by atoms with Crippen molar-refractivity contribution < 1.29 is 19.2 Å². The zero-order chi connectivity index (χ0) is 46.6.